The summed E-state index contributed by atoms with van der Waals surface area (Å²) >= 11 is 0. The maximum absolute atomic E-state index is 13.3. The summed E-state index contributed by atoms with van der Waals surface area (Å²) in [6, 6.07) is 13.0. The first-order chi connectivity index (χ1) is 43.8. The maximum Gasteiger partial charge on any atom is 0.408 e. The van der Waals surface area contributed by atoms with Crippen LogP contribution in [0.2, 0.25) is 0 Å². The molecule has 2 aliphatic carbocycles. The van der Waals surface area contributed by atoms with Crippen LogP contribution in [0.5, 0.6) is 0 Å². The van der Waals surface area contributed by atoms with Crippen molar-refractivity contribution in [2.75, 3.05) is 47.4 Å². The van der Waals surface area contributed by atoms with Crippen molar-refractivity contribution in [1.29, 1.82) is 0 Å². The molecule has 4 heterocycles. The minimum atomic E-state index is -1.39. The van der Waals surface area contributed by atoms with Gasteiger partial charge in [0.1, 0.15) is 70.5 Å². The highest BCUT2D eigenvalue weighted by atomic mass is 16.7. The third kappa shape index (κ3) is 20.0. The van der Waals surface area contributed by atoms with E-state index in [0.29, 0.717) is 54.9 Å². The Kier molecular flexibility index (Phi) is 26.0. The number of amides is 4. The zero-order valence-corrected chi connectivity index (χ0v) is 55.6. The molecule has 4 amide bonds. The van der Waals surface area contributed by atoms with Crippen LogP contribution in [-0.2, 0) is 47.4 Å². The Morgan fingerprint density at radius 3 is 1.26 bits per heavy atom. The van der Waals surface area contributed by atoms with E-state index in [4.69, 9.17) is 53.1 Å². The molecule has 0 unspecified atom stereocenters. The minimum absolute atomic E-state index is 0.106. The van der Waals surface area contributed by atoms with Crippen LogP contribution in [0.25, 0.3) is 0 Å². The second kappa shape index (κ2) is 32.4. The molecule has 0 aromatic heterocycles. The quantitative estimate of drug-likeness (QED) is 0.0941. The van der Waals surface area contributed by atoms with Gasteiger partial charge < -0.3 is 121 Å². The van der Waals surface area contributed by atoms with Gasteiger partial charge in [0.15, 0.2) is 12.6 Å². The fourth-order valence-electron chi connectivity index (χ4n) is 12.5. The zero-order valence-electron chi connectivity index (χ0n) is 55.6. The number of carbonyl (C=O) groups excluding carboxylic acids is 4. The maximum atomic E-state index is 13.3. The number of benzene rings is 2. The number of nitrogens with two attached hydrogens (primary N) is 1. The predicted molar refractivity (Wildman–Crippen MR) is 337 cm³/mol. The number of nitrogens with one attached hydrogen (secondary N) is 7. The van der Waals surface area contributed by atoms with Gasteiger partial charge >= 0.3 is 12.2 Å². The van der Waals surface area contributed by atoms with Crippen LogP contribution in [0.4, 0.5) is 9.59 Å². The lowest BCUT2D eigenvalue weighted by Crippen LogP contribution is -2.68. The molecule has 28 nitrogen and oxygen atoms in total. The van der Waals surface area contributed by atoms with Crippen LogP contribution < -0.4 is 43.0 Å². The SMILES string of the molecule is CNCC1=CC[C@@H](NC(=O)OC(C)(C)C)[C@@H](O[C@H]2[C@H](O)[C@@H](O[C@H]3OC[C@](C)(O)[C@H](NC)[C@H]3O)[C@H](NC(=O)c3ccccc3)C[C@@H]2C)O1.CN[C@@H]1[C@@H](O)[C@@H](O[C@@H]2[C@@H](O)[C@H](O[C@H]3OC(CN)=CC[C@H]3NC(=O)OC(C)(C)C)[C@@H](C)C[C@H]2NC(=O)c2ccccc2)OC[C@]1(C)O. The third-order valence-electron chi connectivity index (χ3n) is 17.0. The molecule has 2 saturated carbocycles. The first-order valence-electron chi connectivity index (χ1n) is 31.9. The van der Waals surface area contributed by atoms with E-state index in [1.165, 1.54) is 6.92 Å². The molecular formula is C65H102N8O20. The van der Waals surface area contributed by atoms with E-state index in [0.717, 1.165) is 0 Å². The number of rotatable bonds is 19. The Bertz CT molecular complexity index is 2810. The van der Waals surface area contributed by atoms with Crippen LogP contribution in [-0.4, -0.2) is 235 Å². The first kappa shape index (κ1) is 74.8. The van der Waals surface area contributed by atoms with Gasteiger partial charge in [-0.3, -0.25) is 9.59 Å². The highest BCUT2D eigenvalue weighted by Gasteiger charge is 2.54. The lowest BCUT2D eigenvalue weighted by Gasteiger charge is -2.49. The summed E-state index contributed by atoms with van der Waals surface area (Å²) in [5, 5.41) is 88.0. The van der Waals surface area contributed by atoms with E-state index >= 15 is 0 Å². The summed E-state index contributed by atoms with van der Waals surface area (Å²) in [6.07, 6.45) is -10.1. The van der Waals surface area contributed by atoms with Gasteiger partial charge in [0.25, 0.3) is 11.8 Å². The van der Waals surface area contributed by atoms with Crippen molar-refractivity contribution in [3.63, 3.8) is 0 Å². The van der Waals surface area contributed by atoms with Crippen molar-refractivity contribution in [3.8, 4) is 0 Å². The summed E-state index contributed by atoms with van der Waals surface area (Å²) in [5.74, 6) is -0.301. The number of hydrogen-bond acceptors (Lipinski definition) is 24. The standard InChI is InChI=1S/C33H52N4O10.C32H50N4O10/c1-18-15-22(36-28(40)19-11-9-8-10-12-19)26(46-30-24(39)27(35-7)33(5,42)17-43-30)23(38)25(18)45-29-21(14-13-20(44-29)16-34-6)37-31(41)47-32(2,3)4;1-17-14-21(35-27(39)18-10-8-7-9-11-18)25(45-29-23(38)26(34-6)32(5,41)16-42-29)22(37)24(17)44-28-20(13-12-19(15-33)43-28)36-30(40)46-31(2,3)4/h8-13,18,21-27,29-30,34-35,38-39,42H,14-17H2,1-7H3,(H,36,40)(H,37,41);7-12,17,20-26,28-29,34,37-38,41H,13-16,33H2,1-6H3,(H,35,39)(H,36,40)/t18-,21+,22+,23-,24+,25+,26-,27+,29+,30+,33-;17-,20+,21+,22-,23+,24+,25-,26+,28+,29+,32-/m00/s1. The number of alkyl carbamates (subject to hydrolysis) is 2. The van der Waals surface area contributed by atoms with Crippen molar-refractivity contribution in [1.82, 2.24) is 37.2 Å². The molecule has 4 fully saturated rings. The van der Waals surface area contributed by atoms with Crippen LogP contribution in [0.3, 0.4) is 0 Å². The smallest absolute Gasteiger partial charge is 0.408 e. The van der Waals surface area contributed by atoms with Crippen molar-refractivity contribution < 1.29 is 97.2 Å². The molecule has 4 aliphatic heterocycles. The van der Waals surface area contributed by atoms with Crippen molar-refractivity contribution >= 4 is 24.0 Å². The summed E-state index contributed by atoms with van der Waals surface area (Å²) in [7, 11) is 4.99. The highest BCUT2D eigenvalue weighted by Crippen LogP contribution is 2.38. The van der Waals surface area contributed by atoms with Gasteiger partial charge in [-0.25, -0.2) is 9.59 Å². The molecule has 93 heavy (non-hydrogen) atoms. The van der Waals surface area contributed by atoms with E-state index in [2.05, 4.69) is 37.2 Å². The number of aliphatic hydroxyl groups is 6. The molecule has 0 spiro atoms. The summed E-state index contributed by atoms with van der Waals surface area (Å²) in [4.78, 5) is 51.9. The number of likely N-dealkylation sites (N-methyl/N-ethyl adjacent to an activating group) is 3. The van der Waals surface area contributed by atoms with E-state index in [1.807, 2.05) is 19.9 Å². The third-order valence-corrected chi connectivity index (χ3v) is 17.0. The van der Waals surface area contributed by atoms with Gasteiger partial charge in [0, 0.05) is 11.1 Å². The number of carbonyl (C=O) groups is 4. The topological polar surface area (TPSA) is 392 Å². The molecule has 8 rings (SSSR count). The zero-order chi connectivity index (χ0) is 68.3. The van der Waals surface area contributed by atoms with Crippen LogP contribution in [0.15, 0.2) is 84.3 Å². The first-order valence-corrected chi connectivity index (χ1v) is 31.9. The van der Waals surface area contributed by atoms with Gasteiger partial charge in [-0.2, -0.15) is 0 Å². The number of hydrogen-bond donors (Lipinski definition) is 14. The Labute approximate surface area is 544 Å². The van der Waals surface area contributed by atoms with Gasteiger partial charge in [-0.15, -0.1) is 0 Å². The molecule has 2 aromatic rings. The molecule has 22 atom stereocenters. The second-order valence-electron chi connectivity index (χ2n) is 27.3. The fraction of sp³-hybridized carbons (Fsp3) is 0.692. The molecule has 522 valence electrons. The molecular weight excluding hydrogens is 1210 g/mol. The van der Waals surface area contributed by atoms with Gasteiger partial charge in [0.05, 0.1) is 74.8 Å². The molecule has 15 N–H and O–H groups in total. The summed E-state index contributed by atoms with van der Waals surface area (Å²) in [6.45, 7) is 17.6. The van der Waals surface area contributed by atoms with E-state index in [1.54, 1.807) is 136 Å². The van der Waals surface area contributed by atoms with Crippen molar-refractivity contribution in [3.05, 3.63) is 95.5 Å². The molecule has 2 aromatic carbocycles. The van der Waals surface area contributed by atoms with Crippen molar-refractivity contribution in [2.45, 2.75) is 228 Å². The molecule has 0 bridgehead atoms. The van der Waals surface area contributed by atoms with Gasteiger partial charge in [-0.05, 0) is 150 Å². The second-order valence-corrected chi connectivity index (χ2v) is 27.3. The lowest BCUT2D eigenvalue weighted by atomic mass is 9.79. The molecule has 2 saturated heterocycles. The molecule has 6 aliphatic rings. The monoisotopic (exact) mass is 1310 g/mol. The highest BCUT2D eigenvalue weighted by molar-refractivity contribution is 5.95. The van der Waals surface area contributed by atoms with E-state index in [9.17, 15) is 49.8 Å². The normalized spacial score (nSPS) is 36.3. The Balaban J connectivity index is 0.000000264. The van der Waals surface area contributed by atoms with Crippen molar-refractivity contribution in [2.24, 2.45) is 17.6 Å². The van der Waals surface area contributed by atoms with Gasteiger partial charge in [0.2, 0.25) is 12.6 Å². The largest absolute Gasteiger partial charge is 0.466 e. The van der Waals surface area contributed by atoms with E-state index in [-0.39, 0.29) is 43.4 Å². The molecule has 0 radical (unpaired) electrons. The Morgan fingerprint density at radius 1 is 0.538 bits per heavy atom. The van der Waals surface area contributed by atoms with E-state index < -0.39 is 145 Å². The molecule has 28 heteroatoms. The average molecular weight is 1320 g/mol. The Morgan fingerprint density at radius 2 is 0.903 bits per heavy atom. The Hall–Kier alpha value is -5.64. The van der Waals surface area contributed by atoms with Crippen LogP contribution in [0.1, 0.15) is 116 Å². The fourth-order valence-corrected chi connectivity index (χ4v) is 12.5. The lowest BCUT2D eigenvalue weighted by molar-refractivity contribution is -0.306. The number of ether oxygens (including phenoxy) is 10. The number of aliphatic hydroxyl groups excluding tert-OH is 4. The summed E-state index contributed by atoms with van der Waals surface area (Å²) < 4.78 is 60.0. The average Bonchev–Trinajstić information content (AvgIpc) is 0.789. The van der Waals surface area contributed by atoms with Crippen LogP contribution >= 0.6 is 0 Å². The summed E-state index contributed by atoms with van der Waals surface area (Å²) in [5.41, 5.74) is 2.50. The van der Waals surface area contributed by atoms with Crippen LogP contribution in [0, 0.1) is 11.8 Å². The minimum Gasteiger partial charge on any atom is -0.466 e. The van der Waals surface area contributed by atoms with Gasteiger partial charge in [-0.1, -0.05) is 50.2 Å². The predicted octanol–water partition coefficient (Wildman–Crippen LogP) is 1.25.